The Labute approximate surface area is 203 Å². The fourth-order valence-electron chi connectivity index (χ4n) is 4.96. The summed E-state index contributed by atoms with van der Waals surface area (Å²) in [7, 11) is 0. The lowest BCUT2D eigenvalue weighted by Crippen LogP contribution is -2.48. The van der Waals surface area contributed by atoms with E-state index in [0.29, 0.717) is 30.1 Å². The van der Waals surface area contributed by atoms with Crippen LogP contribution in [0.25, 0.3) is 16.9 Å². The molecule has 2 aromatic heterocycles. The van der Waals surface area contributed by atoms with Gasteiger partial charge in [0.2, 0.25) is 0 Å². The monoisotopic (exact) mass is 488 g/mol. The maximum Gasteiger partial charge on any atom is 0.416 e. The lowest BCUT2D eigenvalue weighted by Gasteiger charge is -2.40. The number of piperidine rings is 1. The fourth-order valence-corrected chi connectivity index (χ4v) is 4.96. The van der Waals surface area contributed by atoms with Gasteiger partial charge in [-0.05, 0) is 51.7 Å². The van der Waals surface area contributed by atoms with Crippen LogP contribution < -0.4 is 4.90 Å². The summed E-state index contributed by atoms with van der Waals surface area (Å²) in [4.78, 5) is 19.7. The van der Waals surface area contributed by atoms with E-state index in [1.165, 1.54) is 12.1 Å². The van der Waals surface area contributed by atoms with Crippen LogP contribution in [0.4, 0.5) is 19.0 Å². The number of ether oxygens (including phenoxy) is 1. The summed E-state index contributed by atoms with van der Waals surface area (Å²) in [6.45, 7) is 11.5. The second kappa shape index (κ2) is 9.17. The van der Waals surface area contributed by atoms with Gasteiger partial charge in [0.15, 0.2) is 5.65 Å². The first kappa shape index (κ1) is 25.0. The molecule has 0 amide bonds. The quantitative estimate of drug-likeness (QED) is 0.411. The Balaban J connectivity index is 1.82. The first-order valence-corrected chi connectivity index (χ1v) is 11.9. The number of aryl methyl sites for hydroxylation is 1. The Morgan fingerprint density at radius 1 is 1.23 bits per heavy atom. The third-order valence-electron chi connectivity index (χ3n) is 6.65. The summed E-state index contributed by atoms with van der Waals surface area (Å²) in [6, 6.07) is 6.78. The van der Waals surface area contributed by atoms with Gasteiger partial charge in [-0.1, -0.05) is 26.0 Å². The molecule has 3 heterocycles. The minimum absolute atomic E-state index is 0.149. The van der Waals surface area contributed by atoms with Gasteiger partial charge in [0.05, 0.1) is 23.3 Å². The molecule has 0 saturated carbocycles. The van der Waals surface area contributed by atoms with E-state index < -0.39 is 17.2 Å². The highest BCUT2D eigenvalue weighted by molar-refractivity contribution is 5.78. The van der Waals surface area contributed by atoms with E-state index in [9.17, 15) is 18.0 Å². The molecule has 6 nitrogen and oxygen atoms in total. The zero-order chi connectivity index (χ0) is 25.5. The molecule has 188 valence electrons. The number of hydrogen-bond acceptors (Lipinski definition) is 5. The van der Waals surface area contributed by atoms with Crippen LogP contribution in [-0.2, 0) is 15.7 Å². The van der Waals surface area contributed by atoms with Gasteiger partial charge in [0, 0.05) is 36.0 Å². The van der Waals surface area contributed by atoms with E-state index in [1.807, 2.05) is 13.8 Å². The van der Waals surface area contributed by atoms with Crippen LogP contribution in [0.2, 0.25) is 0 Å². The number of fused-ring (bicyclic) bond motifs is 1. The summed E-state index contributed by atoms with van der Waals surface area (Å²) < 4.78 is 46.2. The predicted octanol–water partition coefficient (Wildman–Crippen LogP) is 6.02. The molecule has 35 heavy (non-hydrogen) atoms. The Hall–Kier alpha value is -3.10. The lowest BCUT2D eigenvalue weighted by atomic mass is 9.81. The minimum atomic E-state index is -4.39. The van der Waals surface area contributed by atoms with Crippen molar-refractivity contribution in [3.63, 3.8) is 0 Å². The third-order valence-corrected chi connectivity index (χ3v) is 6.65. The Morgan fingerprint density at radius 2 is 1.91 bits per heavy atom. The predicted molar refractivity (Wildman–Crippen MR) is 128 cm³/mol. The molecule has 4 rings (SSSR count). The number of nitrogens with zero attached hydrogens (tertiary/aromatic N) is 4. The first-order chi connectivity index (χ1) is 16.4. The van der Waals surface area contributed by atoms with E-state index in [0.717, 1.165) is 48.6 Å². The second-order valence-electron chi connectivity index (χ2n) is 9.77. The number of rotatable bonds is 5. The van der Waals surface area contributed by atoms with Crippen molar-refractivity contribution in [3.8, 4) is 11.3 Å². The van der Waals surface area contributed by atoms with Crippen LogP contribution in [0.3, 0.4) is 0 Å². The number of halogens is 3. The summed E-state index contributed by atoms with van der Waals surface area (Å²) in [6.07, 6.45) is -2.83. The van der Waals surface area contributed by atoms with E-state index in [1.54, 1.807) is 17.5 Å². The van der Waals surface area contributed by atoms with Crippen molar-refractivity contribution in [1.29, 1.82) is 0 Å². The fraction of sp³-hybridized carbons (Fsp3) is 0.500. The number of anilines is 1. The molecule has 0 N–H and O–H groups in total. The third kappa shape index (κ3) is 4.73. The Kier molecular flexibility index (Phi) is 6.55. The minimum Gasteiger partial charge on any atom is -0.466 e. The van der Waals surface area contributed by atoms with E-state index >= 15 is 0 Å². The number of alkyl halides is 3. The van der Waals surface area contributed by atoms with Crippen LogP contribution in [0.5, 0.6) is 0 Å². The van der Waals surface area contributed by atoms with E-state index in [-0.39, 0.29) is 11.9 Å². The topological polar surface area (TPSA) is 59.7 Å². The molecular formula is C26H31F3N4O2. The van der Waals surface area contributed by atoms with Gasteiger partial charge in [0.1, 0.15) is 5.82 Å². The zero-order valence-electron chi connectivity index (χ0n) is 20.7. The second-order valence-corrected chi connectivity index (χ2v) is 9.77. The number of aromatic nitrogens is 3. The van der Waals surface area contributed by atoms with Crippen molar-refractivity contribution in [2.24, 2.45) is 5.41 Å². The number of esters is 1. The average molecular weight is 489 g/mol. The van der Waals surface area contributed by atoms with Crippen LogP contribution in [0.15, 0.2) is 30.3 Å². The van der Waals surface area contributed by atoms with Gasteiger partial charge in [-0.3, -0.25) is 4.79 Å². The number of carbonyl (C=O) groups is 1. The van der Waals surface area contributed by atoms with Crippen molar-refractivity contribution < 1.29 is 22.7 Å². The highest BCUT2D eigenvalue weighted by Gasteiger charge is 2.41. The van der Waals surface area contributed by atoms with Gasteiger partial charge in [-0.2, -0.15) is 22.8 Å². The molecule has 0 spiro atoms. The van der Waals surface area contributed by atoms with Crippen LogP contribution in [0, 0.1) is 12.3 Å². The highest BCUT2D eigenvalue weighted by Crippen LogP contribution is 2.38. The highest BCUT2D eigenvalue weighted by atomic mass is 19.4. The van der Waals surface area contributed by atoms with Crippen molar-refractivity contribution in [2.45, 2.75) is 59.6 Å². The summed E-state index contributed by atoms with van der Waals surface area (Å²) >= 11 is 0. The van der Waals surface area contributed by atoms with Crippen LogP contribution in [0.1, 0.15) is 63.3 Å². The van der Waals surface area contributed by atoms with Gasteiger partial charge < -0.3 is 9.64 Å². The van der Waals surface area contributed by atoms with Gasteiger partial charge in [-0.25, -0.2) is 4.98 Å². The Bertz CT molecular complexity index is 1230. The van der Waals surface area contributed by atoms with Gasteiger partial charge in [-0.15, -0.1) is 0 Å². The van der Waals surface area contributed by atoms with Crippen LogP contribution in [-0.4, -0.2) is 40.3 Å². The summed E-state index contributed by atoms with van der Waals surface area (Å²) in [5.41, 5.74) is 2.28. The maximum absolute atomic E-state index is 13.0. The Morgan fingerprint density at radius 3 is 2.51 bits per heavy atom. The molecule has 9 heteroatoms. The molecule has 0 unspecified atom stereocenters. The maximum atomic E-state index is 13.0. The van der Waals surface area contributed by atoms with Crippen molar-refractivity contribution >= 4 is 17.4 Å². The molecular weight excluding hydrogens is 457 g/mol. The largest absolute Gasteiger partial charge is 0.466 e. The molecule has 1 aliphatic heterocycles. The first-order valence-electron chi connectivity index (χ1n) is 11.9. The van der Waals surface area contributed by atoms with Gasteiger partial charge >= 0.3 is 12.1 Å². The number of carbonyl (C=O) groups excluding carboxylic acids is 1. The molecule has 3 aromatic rings. The number of hydrogen-bond donors (Lipinski definition) is 0. The van der Waals surface area contributed by atoms with Crippen molar-refractivity contribution in [1.82, 2.24) is 14.6 Å². The average Bonchev–Trinajstić information content (AvgIpc) is 3.21. The number of benzene rings is 1. The molecule has 0 aliphatic carbocycles. The standard InChI is InChI=1S/C26H31F3N4O2/c1-6-35-24(34)25(5)12-7-13-32(15-25)23-22(16(2)3)17(4)30-21-14-20(31-33(21)23)18-8-10-19(11-9-18)26(27,28)29/h8-11,14,16H,6-7,12-13,15H2,1-5H3/t25-/m0/s1. The van der Waals surface area contributed by atoms with E-state index in [4.69, 9.17) is 14.8 Å². The smallest absolute Gasteiger partial charge is 0.416 e. The zero-order valence-corrected chi connectivity index (χ0v) is 20.7. The molecule has 1 aliphatic rings. The lowest BCUT2D eigenvalue weighted by molar-refractivity contribution is -0.154. The molecule has 0 bridgehead atoms. The van der Waals surface area contributed by atoms with Crippen molar-refractivity contribution in [2.75, 3.05) is 24.6 Å². The molecule has 0 radical (unpaired) electrons. The molecule has 1 saturated heterocycles. The normalized spacial score (nSPS) is 18.9. The summed E-state index contributed by atoms with van der Waals surface area (Å²) in [5.74, 6) is 0.816. The molecule has 1 aromatic carbocycles. The van der Waals surface area contributed by atoms with Crippen LogP contribution >= 0.6 is 0 Å². The van der Waals surface area contributed by atoms with Crippen molar-refractivity contribution in [3.05, 3.63) is 47.2 Å². The van der Waals surface area contributed by atoms with Gasteiger partial charge in [0.25, 0.3) is 0 Å². The molecule has 1 fully saturated rings. The SMILES string of the molecule is CCOC(=O)[C@@]1(C)CCCN(c2c(C(C)C)c(C)nc3cc(-c4ccc(C(F)(F)F)cc4)nn23)C1. The van der Waals surface area contributed by atoms with E-state index in [2.05, 4.69) is 18.7 Å². The summed E-state index contributed by atoms with van der Waals surface area (Å²) in [5, 5.41) is 4.78. The molecule has 1 atom stereocenters.